The minimum Gasteiger partial charge on any atom is -0.453 e. The highest BCUT2D eigenvalue weighted by Gasteiger charge is 2.33. The molecular formula is C18H18N2O3S. The molecule has 3 atom stereocenters. The van der Waals surface area contributed by atoms with Crippen LogP contribution in [0.1, 0.15) is 23.9 Å². The van der Waals surface area contributed by atoms with Gasteiger partial charge in [0.2, 0.25) is 0 Å². The fourth-order valence-corrected chi connectivity index (χ4v) is 4.41. The van der Waals surface area contributed by atoms with Gasteiger partial charge < -0.3 is 4.74 Å². The fraction of sp³-hybridized carbons (Fsp3) is 0.389. The van der Waals surface area contributed by atoms with E-state index in [0.29, 0.717) is 11.0 Å². The lowest BCUT2D eigenvalue weighted by Gasteiger charge is -2.26. The van der Waals surface area contributed by atoms with Crippen LogP contribution < -0.4 is 5.32 Å². The van der Waals surface area contributed by atoms with Gasteiger partial charge in [-0.05, 0) is 31.3 Å². The van der Waals surface area contributed by atoms with Crippen LogP contribution in [0.5, 0.6) is 0 Å². The first-order valence-corrected chi connectivity index (χ1v) is 8.99. The zero-order chi connectivity index (χ0) is 16.7. The smallest absolute Gasteiger partial charge is 0.344 e. The maximum Gasteiger partial charge on any atom is 0.344 e. The summed E-state index contributed by atoms with van der Waals surface area (Å²) >= 11 is 1.51. The zero-order valence-electron chi connectivity index (χ0n) is 13.3. The number of fused-ring (bicyclic) bond motifs is 2. The van der Waals surface area contributed by atoms with Gasteiger partial charge in [0.15, 0.2) is 5.13 Å². The van der Waals surface area contributed by atoms with E-state index in [0.717, 1.165) is 25.0 Å². The molecule has 2 aliphatic carbocycles. The standard InChI is InChI=1S/C18H18N2O3S/c1-10-6-7-13-15(8-10)24-18(19-13)20-16(21)12-9-11-4-2-3-5-14(11)23-17(12)22/h2-5,9-11,14H,6-8H2,1H3,(H,19,20,21)/t10-,11-,14+/m1/s1. The molecule has 124 valence electrons. The molecule has 1 aromatic rings. The van der Waals surface area contributed by atoms with Gasteiger partial charge in [0.25, 0.3) is 5.91 Å². The van der Waals surface area contributed by atoms with Crippen molar-refractivity contribution in [1.82, 2.24) is 4.98 Å². The van der Waals surface area contributed by atoms with Crippen LogP contribution in [-0.4, -0.2) is 23.0 Å². The van der Waals surface area contributed by atoms with E-state index in [-0.39, 0.29) is 17.6 Å². The molecule has 0 aromatic carbocycles. The number of anilines is 1. The Morgan fingerprint density at radius 3 is 3.08 bits per heavy atom. The summed E-state index contributed by atoms with van der Waals surface area (Å²) in [6.45, 7) is 2.23. The van der Waals surface area contributed by atoms with E-state index >= 15 is 0 Å². The van der Waals surface area contributed by atoms with Crippen molar-refractivity contribution >= 4 is 28.3 Å². The zero-order valence-corrected chi connectivity index (χ0v) is 14.1. The number of thiazole rings is 1. The number of nitrogens with one attached hydrogen (secondary N) is 1. The predicted molar refractivity (Wildman–Crippen MR) is 91.7 cm³/mol. The third-order valence-electron chi connectivity index (χ3n) is 4.60. The van der Waals surface area contributed by atoms with Gasteiger partial charge in [-0.3, -0.25) is 10.1 Å². The minimum absolute atomic E-state index is 0.0535. The van der Waals surface area contributed by atoms with Crippen LogP contribution in [0.3, 0.4) is 0 Å². The second-order valence-electron chi connectivity index (χ2n) is 6.49. The molecule has 1 aliphatic heterocycles. The maximum absolute atomic E-state index is 12.5. The average molecular weight is 342 g/mol. The van der Waals surface area contributed by atoms with Crippen molar-refractivity contribution in [2.45, 2.75) is 32.3 Å². The number of hydrogen-bond donors (Lipinski definition) is 1. The Morgan fingerprint density at radius 1 is 1.38 bits per heavy atom. The minimum atomic E-state index is -0.580. The number of hydrogen-bond acceptors (Lipinski definition) is 5. The van der Waals surface area contributed by atoms with Gasteiger partial charge in [-0.2, -0.15) is 0 Å². The van der Waals surface area contributed by atoms with Crippen LogP contribution in [-0.2, 0) is 27.2 Å². The summed E-state index contributed by atoms with van der Waals surface area (Å²) in [4.78, 5) is 30.3. The molecule has 0 radical (unpaired) electrons. The molecule has 1 N–H and O–H groups in total. The lowest BCUT2D eigenvalue weighted by Crippen LogP contribution is -2.34. The number of esters is 1. The summed E-state index contributed by atoms with van der Waals surface area (Å²) in [5.74, 6) is -0.455. The Bertz CT molecular complexity index is 790. The summed E-state index contributed by atoms with van der Waals surface area (Å²) in [6, 6.07) is 0. The monoisotopic (exact) mass is 342 g/mol. The topological polar surface area (TPSA) is 68.3 Å². The summed E-state index contributed by atoms with van der Waals surface area (Å²) in [5.41, 5.74) is 1.13. The van der Waals surface area contributed by atoms with E-state index in [9.17, 15) is 9.59 Å². The van der Waals surface area contributed by atoms with Crippen molar-refractivity contribution in [3.63, 3.8) is 0 Å². The SMILES string of the molecule is C[C@@H]1CCc2nc(NC(=O)C3=C[C@H]4C=CC=C[C@@H]4OC3=O)sc2C1. The molecule has 1 aromatic heterocycles. The highest BCUT2D eigenvalue weighted by atomic mass is 32.1. The molecule has 24 heavy (non-hydrogen) atoms. The number of aromatic nitrogens is 1. The van der Waals surface area contributed by atoms with E-state index in [1.165, 1.54) is 16.2 Å². The van der Waals surface area contributed by atoms with Crippen LogP contribution in [0.25, 0.3) is 0 Å². The second-order valence-corrected chi connectivity index (χ2v) is 7.57. The van der Waals surface area contributed by atoms with Crippen LogP contribution >= 0.6 is 11.3 Å². The first-order chi connectivity index (χ1) is 11.6. The van der Waals surface area contributed by atoms with Crippen molar-refractivity contribution in [2.75, 3.05) is 5.32 Å². The van der Waals surface area contributed by atoms with E-state index < -0.39 is 11.9 Å². The second kappa shape index (κ2) is 6.02. The van der Waals surface area contributed by atoms with Gasteiger partial charge in [0.05, 0.1) is 5.69 Å². The van der Waals surface area contributed by atoms with Gasteiger partial charge in [-0.25, -0.2) is 9.78 Å². The predicted octanol–water partition coefficient (Wildman–Crippen LogP) is 2.80. The summed E-state index contributed by atoms with van der Waals surface area (Å²) in [5, 5.41) is 3.33. The molecular weight excluding hydrogens is 324 g/mol. The third kappa shape index (κ3) is 2.82. The largest absolute Gasteiger partial charge is 0.453 e. The molecule has 0 saturated carbocycles. The number of aryl methyl sites for hydroxylation is 1. The highest BCUT2D eigenvalue weighted by Crippen LogP contribution is 2.32. The number of ether oxygens (including phenoxy) is 1. The Labute approximate surface area is 144 Å². The molecule has 0 saturated heterocycles. The highest BCUT2D eigenvalue weighted by molar-refractivity contribution is 7.15. The lowest BCUT2D eigenvalue weighted by atomic mass is 9.92. The van der Waals surface area contributed by atoms with Crippen LogP contribution in [0, 0.1) is 11.8 Å². The van der Waals surface area contributed by atoms with Gasteiger partial charge in [-0.15, -0.1) is 11.3 Å². The molecule has 6 heteroatoms. The molecule has 0 bridgehead atoms. The summed E-state index contributed by atoms with van der Waals surface area (Å²) in [6.07, 6.45) is 11.9. The van der Waals surface area contributed by atoms with Gasteiger partial charge >= 0.3 is 5.97 Å². The Kier molecular flexibility index (Phi) is 3.84. The normalized spacial score (nSPS) is 27.8. The third-order valence-corrected chi connectivity index (χ3v) is 5.63. The first kappa shape index (κ1) is 15.3. The Hall–Kier alpha value is -2.21. The van der Waals surface area contributed by atoms with E-state index in [1.54, 1.807) is 6.08 Å². The Balaban J connectivity index is 1.52. The maximum atomic E-state index is 12.5. The quantitative estimate of drug-likeness (QED) is 0.663. The van der Waals surface area contributed by atoms with Crippen molar-refractivity contribution in [1.29, 1.82) is 0 Å². The van der Waals surface area contributed by atoms with E-state index in [4.69, 9.17) is 4.74 Å². The number of carbonyl (C=O) groups excluding carboxylic acids is 2. The van der Waals surface area contributed by atoms with Crippen LogP contribution in [0.15, 0.2) is 36.0 Å². The number of nitrogens with zero attached hydrogens (tertiary/aromatic N) is 1. The number of carbonyl (C=O) groups is 2. The first-order valence-electron chi connectivity index (χ1n) is 8.18. The van der Waals surface area contributed by atoms with Gasteiger partial charge in [0, 0.05) is 10.8 Å². The number of allylic oxidation sites excluding steroid dienone is 2. The summed E-state index contributed by atoms with van der Waals surface area (Å²) in [7, 11) is 0. The van der Waals surface area contributed by atoms with Gasteiger partial charge in [-0.1, -0.05) is 31.2 Å². The fourth-order valence-electron chi connectivity index (χ4n) is 3.25. The van der Waals surface area contributed by atoms with Crippen molar-refractivity contribution in [3.05, 3.63) is 46.5 Å². The number of amides is 1. The molecule has 4 rings (SSSR count). The molecule has 0 unspecified atom stereocenters. The van der Waals surface area contributed by atoms with Gasteiger partial charge in [0.1, 0.15) is 11.7 Å². The Morgan fingerprint density at radius 2 is 2.21 bits per heavy atom. The summed E-state index contributed by atoms with van der Waals surface area (Å²) < 4.78 is 5.33. The molecule has 0 fully saturated rings. The van der Waals surface area contributed by atoms with Crippen molar-refractivity contribution in [3.8, 4) is 0 Å². The van der Waals surface area contributed by atoms with E-state index in [2.05, 4.69) is 17.2 Å². The average Bonchev–Trinajstić information content (AvgIpc) is 2.95. The number of rotatable bonds is 2. The van der Waals surface area contributed by atoms with Crippen LogP contribution in [0.2, 0.25) is 0 Å². The molecule has 0 spiro atoms. The molecule has 1 amide bonds. The molecule has 5 nitrogen and oxygen atoms in total. The van der Waals surface area contributed by atoms with E-state index in [1.807, 2.05) is 24.3 Å². The molecule has 3 aliphatic rings. The van der Waals surface area contributed by atoms with Crippen molar-refractivity contribution < 1.29 is 14.3 Å². The lowest BCUT2D eigenvalue weighted by molar-refractivity contribution is -0.145. The van der Waals surface area contributed by atoms with Crippen molar-refractivity contribution in [2.24, 2.45) is 11.8 Å². The van der Waals surface area contributed by atoms with Crippen LogP contribution in [0.4, 0.5) is 5.13 Å². The molecule has 2 heterocycles.